The highest BCUT2D eigenvalue weighted by molar-refractivity contribution is 7.99. The Bertz CT molecular complexity index is 972. The van der Waals surface area contributed by atoms with Crippen LogP contribution in [-0.2, 0) is 11.8 Å². The first-order valence-electron chi connectivity index (χ1n) is 8.37. The van der Waals surface area contributed by atoms with Crippen molar-refractivity contribution in [2.75, 3.05) is 22.6 Å². The van der Waals surface area contributed by atoms with E-state index < -0.39 is 0 Å². The quantitative estimate of drug-likeness (QED) is 0.576. The van der Waals surface area contributed by atoms with E-state index in [1.807, 2.05) is 37.6 Å². The van der Waals surface area contributed by atoms with E-state index in [0.717, 1.165) is 10.6 Å². The maximum absolute atomic E-state index is 12.4. The van der Waals surface area contributed by atoms with Crippen LogP contribution in [0.4, 0.5) is 11.4 Å². The van der Waals surface area contributed by atoms with Crippen LogP contribution < -0.4 is 10.6 Å². The molecule has 7 nitrogen and oxygen atoms in total. The third-order valence-corrected chi connectivity index (χ3v) is 5.52. The summed E-state index contributed by atoms with van der Waals surface area (Å²) in [6.45, 7) is 0. The number of amides is 2. The number of thioether (sulfide) groups is 2. The molecular formula is C19H19N5O2S2. The first-order chi connectivity index (χ1) is 13.5. The topological polar surface area (TPSA) is 88.9 Å². The minimum Gasteiger partial charge on any atom is -0.325 e. The van der Waals surface area contributed by atoms with Crippen LogP contribution in [0.2, 0.25) is 0 Å². The Morgan fingerprint density at radius 2 is 1.86 bits per heavy atom. The lowest BCUT2D eigenvalue weighted by molar-refractivity contribution is -0.113. The third kappa shape index (κ3) is 5.37. The van der Waals surface area contributed by atoms with E-state index in [0.29, 0.717) is 16.4 Å². The molecule has 3 aromatic rings. The molecule has 0 aliphatic heterocycles. The van der Waals surface area contributed by atoms with Crippen molar-refractivity contribution in [1.29, 1.82) is 0 Å². The third-order valence-electron chi connectivity index (χ3n) is 3.76. The molecule has 2 amide bonds. The zero-order valence-electron chi connectivity index (χ0n) is 15.4. The van der Waals surface area contributed by atoms with Gasteiger partial charge in [-0.3, -0.25) is 9.59 Å². The summed E-state index contributed by atoms with van der Waals surface area (Å²) >= 11 is 2.92. The first-order valence-corrected chi connectivity index (χ1v) is 10.6. The van der Waals surface area contributed by atoms with Crippen LogP contribution >= 0.6 is 23.5 Å². The Morgan fingerprint density at radius 3 is 2.54 bits per heavy atom. The molecule has 0 unspecified atom stereocenters. The Morgan fingerprint density at radius 1 is 1.07 bits per heavy atom. The molecular weight excluding hydrogens is 394 g/mol. The number of anilines is 2. The molecule has 0 atom stereocenters. The van der Waals surface area contributed by atoms with E-state index in [2.05, 4.69) is 20.8 Å². The fourth-order valence-corrected chi connectivity index (χ4v) is 3.49. The van der Waals surface area contributed by atoms with Crippen molar-refractivity contribution < 1.29 is 9.59 Å². The van der Waals surface area contributed by atoms with Crippen LogP contribution in [0.3, 0.4) is 0 Å². The van der Waals surface area contributed by atoms with Crippen LogP contribution in [0, 0.1) is 0 Å². The number of aryl methyl sites for hydroxylation is 1. The van der Waals surface area contributed by atoms with Gasteiger partial charge in [0.25, 0.3) is 5.91 Å². The minimum atomic E-state index is -0.200. The number of rotatable bonds is 7. The van der Waals surface area contributed by atoms with Gasteiger partial charge in [0.2, 0.25) is 5.91 Å². The Hall–Kier alpha value is -2.78. The number of carbonyl (C=O) groups is 2. The van der Waals surface area contributed by atoms with Gasteiger partial charge < -0.3 is 15.2 Å². The summed E-state index contributed by atoms with van der Waals surface area (Å²) in [7, 11) is 1.82. The van der Waals surface area contributed by atoms with Gasteiger partial charge in [0, 0.05) is 28.9 Å². The molecule has 2 N–H and O–H groups in total. The molecule has 1 heterocycles. The highest BCUT2D eigenvalue weighted by atomic mass is 32.2. The van der Waals surface area contributed by atoms with Gasteiger partial charge in [0.05, 0.1) is 5.75 Å². The van der Waals surface area contributed by atoms with Gasteiger partial charge in [0.15, 0.2) is 5.16 Å². The number of hydrogen-bond donors (Lipinski definition) is 2. The van der Waals surface area contributed by atoms with Crippen molar-refractivity contribution in [2.45, 2.75) is 10.1 Å². The van der Waals surface area contributed by atoms with E-state index in [1.165, 1.54) is 11.8 Å². The summed E-state index contributed by atoms with van der Waals surface area (Å²) in [5, 5.41) is 14.0. The fraction of sp³-hybridized carbons (Fsp3) is 0.158. The summed E-state index contributed by atoms with van der Waals surface area (Å²) in [5.41, 5.74) is 1.89. The van der Waals surface area contributed by atoms with Crippen molar-refractivity contribution in [3.63, 3.8) is 0 Å². The molecule has 0 aliphatic carbocycles. The van der Waals surface area contributed by atoms with Crippen molar-refractivity contribution in [3.8, 4) is 0 Å². The second-order valence-corrected chi connectivity index (χ2v) is 7.65. The summed E-state index contributed by atoms with van der Waals surface area (Å²) in [6.07, 6.45) is 3.57. The summed E-state index contributed by atoms with van der Waals surface area (Å²) in [5.74, 6) is -0.131. The molecule has 0 spiro atoms. The lowest BCUT2D eigenvalue weighted by Crippen LogP contribution is -2.15. The number of aromatic nitrogens is 3. The average molecular weight is 414 g/mol. The number of nitrogens with zero attached hydrogens (tertiary/aromatic N) is 3. The van der Waals surface area contributed by atoms with E-state index in [9.17, 15) is 9.59 Å². The first kappa shape index (κ1) is 20.0. The molecule has 0 fully saturated rings. The summed E-state index contributed by atoms with van der Waals surface area (Å²) < 4.78 is 1.75. The van der Waals surface area contributed by atoms with E-state index in [4.69, 9.17) is 0 Å². The zero-order valence-corrected chi connectivity index (χ0v) is 17.0. The number of hydrogen-bond acceptors (Lipinski definition) is 6. The zero-order chi connectivity index (χ0) is 19.9. The molecule has 0 radical (unpaired) electrons. The van der Waals surface area contributed by atoms with E-state index in [-0.39, 0.29) is 17.6 Å². The highest BCUT2D eigenvalue weighted by Gasteiger charge is 2.09. The van der Waals surface area contributed by atoms with Gasteiger partial charge >= 0.3 is 0 Å². The lowest BCUT2D eigenvalue weighted by atomic mass is 10.2. The van der Waals surface area contributed by atoms with Gasteiger partial charge in [-0.15, -0.1) is 22.0 Å². The fourth-order valence-electron chi connectivity index (χ4n) is 2.34. The molecule has 144 valence electrons. The van der Waals surface area contributed by atoms with Gasteiger partial charge in [-0.25, -0.2) is 0 Å². The highest BCUT2D eigenvalue weighted by Crippen LogP contribution is 2.20. The molecule has 0 aliphatic rings. The second-order valence-electron chi connectivity index (χ2n) is 5.82. The van der Waals surface area contributed by atoms with Gasteiger partial charge in [0.1, 0.15) is 6.33 Å². The van der Waals surface area contributed by atoms with Crippen LogP contribution in [0.15, 0.2) is 64.9 Å². The van der Waals surface area contributed by atoms with Crippen LogP contribution in [-0.4, -0.2) is 38.6 Å². The van der Waals surface area contributed by atoms with Crippen molar-refractivity contribution in [2.24, 2.45) is 7.05 Å². The van der Waals surface area contributed by atoms with E-state index >= 15 is 0 Å². The molecule has 0 saturated heterocycles. The monoisotopic (exact) mass is 413 g/mol. The van der Waals surface area contributed by atoms with Crippen LogP contribution in [0.1, 0.15) is 10.4 Å². The Labute approximate surface area is 171 Å². The predicted molar refractivity (Wildman–Crippen MR) is 113 cm³/mol. The predicted octanol–water partition coefficient (Wildman–Crippen LogP) is 3.52. The van der Waals surface area contributed by atoms with Gasteiger partial charge in [-0.05, 0) is 48.7 Å². The molecule has 0 saturated carbocycles. The molecule has 9 heteroatoms. The van der Waals surface area contributed by atoms with Crippen LogP contribution in [0.5, 0.6) is 0 Å². The minimum absolute atomic E-state index is 0.154. The van der Waals surface area contributed by atoms with Crippen LogP contribution in [0.25, 0.3) is 0 Å². The number of nitrogens with one attached hydrogen (secondary N) is 2. The standard InChI is InChI=1S/C19H19N5O2S2/c1-24-12-20-23-19(24)28-11-17(25)21-14-8-6-13(7-9-14)18(26)22-15-4-3-5-16(10-15)27-2/h3-10,12H,11H2,1-2H3,(H,21,25)(H,22,26). The molecule has 2 aromatic carbocycles. The molecule has 3 rings (SSSR count). The van der Waals surface area contributed by atoms with E-state index in [1.54, 1.807) is 46.9 Å². The van der Waals surface area contributed by atoms with Crippen molar-refractivity contribution >= 4 is 46.7 Å². The molecule has 1 aromatic heterocycles. The second kappa shape index (κ2) is 9.43. The van der Waals surface area contributed by atoms with Gasteiger partial charge in [-0.1, -0.05) is 17.8 Å². The Balaban J connectivity index is 1.54. The van der Waals surface area contributed by atoms with Crippen molar-refractivity contribution in [3.05, 3.63) is 60.4 Å². The lowest BCUT2D eigenvalue weighted by Gasteiger charge is -2.08. The average Bonchev–Trinajstić information content (AvgIpc) is 3.12. The number of carbonyl (C=O) groups excluding carboxylic acids is 2. The maximum atomic E-state index is 12.4. The van der Waals surface area contributed by atoms with Gasteiger partial charge in [-0.2, -0.15) is 0 Å². The SMILES string of the molecule is CSc1cccc(NC(=O)c2ccc(NC(=O)CSc3nncn3C)cc2)c1. The maximum Gasteiger partial charge on any atom is 0.255 e. The molecule has 0 bridgehead atoms. The summed E-state index contributed by atoms with van der Waals surface area (Å²) in [4.78, 5) is 25.5. The van der Waals surface area contributed by atoms with Crippen molar-refractivity contribution in [1.82, 2.24) is 14.8 Å². The Kier molecular flexibility index (Phi) is 6.72. The smallest absolute Gasteiger partial charge is 0.255 e. The largest absolute Gasteiger partial charge is 0.325 e. The summed E-state index contributed by atoms with van der Waals surface area (Å²) in [6, 6.07) is 14.4. The molecule has 28 heavy (non-hydrogen) atoms. The number of benzene rings is 2. The normalized spacial score (nSPS) is 10.5.